The van der Waals surface area contributed by atoms with Crippen LogP contribution in [0.25, 0.3) is 5.69 Å². The highest BCUT2D eigenvalue weighted by atomic mass is 35.5. The quantitative estimate of drug-likeness (QED) is 0.625. The summed E-state index contributed by atoms with van der Waals surface area (Å²) in [6, 6.07) is 18.0. The molecule has 1 unspecified atom stereocenters. The summed E-state index contributed by atoms with van der Waals surface area (Å²) >= 11 is 6.34. The number of rotatable bonds is 5. The minimum absolute atomic E-state index is 0.0901. The van der Waals surface area contributed by atoms with E-state index in [1.807, 2.05) is 42.2 Å². The lowest BCUT2D eigenvalue weighted by atomic mass is 10.1. The Kier molecular flexibility index (Phi) is 6.16. The average molecular weight is 424 g/mol. The summed E-state index contributed by atoms with van der Waals surface area (Å²) in [6.07, 6.45) is 0.659. The average Bonchev–Trinajstić information content (AvgIpc) is 3.19. The molecule has 7 heteroatoms. The highest BCUT2D eigenvalue weighted by molar-refractivity contribution is 6.32. The Morgan fingerprint density at radius 1 is 1.10 bits per heavy atom. The zero-order valence-electron chi connectivity index (χ0n) is 17.3. The van der Waals surface area contributed by atoms with E-state index < -0.39 is 0 Å². The molecule has 30 heavy (non-hydrogen) atoms. The Bertz CT molecular complexity index is 1020. The van der Waals surface area contributed by atoms with Gasteiger partial charge in [-0.15, -0.1) is 5.10 Å². The summed E-state index contributed by atoms with van der Waals surface area (Å²) in [5.74, 6) is 0.833. The second-order valence-electron chi connectivity index (χ2n) is 7.64. The van der Waals surface area contributed by atoms with E-state index in [9.17, 15) is 4.79 Å². The van der Waals surface area contributed by atoms with Crippen LogP contribution in [0.3, 0.4) is 0 Å². The van der Waals surface area contributed by atoms with E-state index in [4.69, 9.17) is 11.6 Å². The van der Waals surface area contributed by atoms with E-state index in [0.29, 0.717) is 18.0 Å². The molecule has 1 amide bonds. The second-order valence-corrected chi connectivity index (χ2v) is 8.04. The largest absolute Gasteiger partial charge is 0.331 e. The molecule has 0 spiro atoms. The van der Waals surface area contributed by atoms with Crippen LogP contribution in [0.5, 0.6) is 0 Å². The normalized spacial score (nSPS) is 17.3. The Balaban J connectivity index is 1.49. The third-order valence-electron chi connectivity index (χ3n) is 5.48. The van der Waals surface area contributed by atoms with Crippen molar-refractivity contribution in [2.24, 2.45) is 0 Å². The first-order valence-electron chi connectivity index (χ1n) is 10.3. The molecule has 1 aromatic heterocycles. The molecule has 0 aliphatic carbocycles. The molecule has 3 aromatic rings. The van der Waals surface area contributed by atoms with Crippen molar-refractivity contribution < 1.29 is 4.79 Å². The number of halogens is 1. The van der Waals surface area contributed by atoms with Crippen molar-refractivity contribution in [3.63, 3.8) is 0 Å². The smallest absolute Gasteiger partial charge is 0.293 e. The highest BCUT2D eigenvalue weighted by Crippen LogP contribution is 2.22. The molecule has 1 atom stereocenters. The van der Waals surface area contributed by atoms with Gasteiger partial charge in [0.2, 0.25) is 5.82 Å². The van der Waals surface area contributed by atoms with E-state index >= 15 is 0 Å². The number of piperazine rings is 1. The fraction of sp³-hybridized carbons (Fsp3) is 0.348. The Morgan fingerprint density at radius 3 is 2.53 bits per heavy atom. The van der Waals surface area contributed by atoms with Gasteiger partial charge in [0.05, 0.1) is 10.7 Å². The van der Waals surface area contributed by atoms with Gasteiger partial charge in [0.25, 0.3) is 5.91 Å². The molecule has 0 bridgehead atoms. The van der Waals surface area contributed by atoms with Crippen molar-refractivity contribution in [2.75, 3.05) is 19.6 Å². The fourth-order valence-corrected chi connectivity index (χ4v) is 4.14. The van der Waals surface area contributed by atoms with Gasteiger partial charge in [-0.3, -0.25) is 9.69 Å². The summed E-state index contributed by atoms with van der Waals surface area (Å²) in [5, 5.41) is 5.11. The van der Waals surface area contributed by atoms with Crippen molar-refractivity contribution in [2.45, 2.75) is 32.9 Å². The van der Waals surface area contributed by atoms with Gasteiger partial charge in [0.1, 0.15) is 5.82 Å². The van der Waals surface area contributed by atoms with E-state index in [2.05, 4.69) is 46.2 Å². The summed E-state index contributed by atoms with van der Waals surface area (Å²) in [5.41, 5.74) is 2.03. The Hall–Kier alpha value is -2.70. The molecule has 1 fully saturated rings. The number of benzene rings is 2. The standard InChI is InChI=1S/C23H26ClN5O/c1-3-21-25-22(26-29(21)20-12-8-7-11-19(20)24)23(30)28-14-13-27(15-17(28)2)16-18-9-5-4-6-10-18/h4-12,17H,3,13-16H2,1-2H3. The molecule has 1 aliphatic rings. The lowest BCUT2D eigenvalue weighted by Gasteiger charge is -2.39. The molecule has 1 aliphatic heterocycles. The number of nitrogens with zero attached hydrogens (tertiary/aromatic N) is 5. The number of aryl methyl sites for hydroxylation is 1. The Labute approximate surface area is 182 Å². The maximum absolute atomic E-state index is 13.2. The van der Waals surface area contributed by atoms with Crippen LogP contribution in [0.1, 0.15) is 35.9 Å². The van der Waals surface area contributed by atoms with Crippen LogP contribution in [-0.2, 0) is 13.0 Å². The first-order valence-corrected chi connectivity index (χ1v) is 10.7. The van der Waals surface area contributed by atoms with E-state index in [-0.39, 0.29) is 17.8 Å². The number of para-hydroxylation sites is 1. The van der Waals surface area contributed by atoms with E-state index in [1.165, 1.54) is 5.56 Å². The highest BCUT2D eigenvalue weighted by Gasteiger charge is 2.31. The van der Waals surface area contributed by atoms with Gasteiger partial charge < -0.3 is 4.90 Å². The molecule has 1 saturated heterocycles. The third-order valence-corrected chi connectivity index (χ3v) is 5.80. The van der Waals surface area contributed by atoms with Gasteiger partial charge in [-0.2, -0.15) is 0 Å². The number of carbonyl (C=O) groups is 1. The zero-order chi connectivity index (χ0) is 21.1. The lowest BCUT2D eigenvalue weighted by molar-refractivity contribution is 0.0464. The predicted octanol–water partition coefficient (Wildman–Crippen LogP) is 3.83. The zero-order valence-corrected chi connectivity index (χ0v) is 18.1. The fourth-order valence-electron chi connectivity index (χ4n) is 3.93. The van der Waals surface area contributed by atoms with Gasteiger partial charge in [0, 0.05) is 38.6 Å². The molecule has 2 aromatic carbocycles. The van der Waals surface area contributed by atoms with Crippen molar-refractivity contribution in [3.8, 4) is 5.69 Å². The summed E-state index contributed by atoms with van der Waals surface area (Å²) in [6.45, 7) is 7.29. The number of aromatic nitrogens is 3. The molecular weight excluding hydrogens is 398 g/mol. The van der Waals surface area contributed by atoms with Crippen molar-refractivity contribution in [1.29, 1.82) is 0 Å². The molecule has 2 heterocycles. The van der Waals surface area contributed by atoms with Crippen molar-refractivity contribution in [3.05, 3.63) is 76.8 Å². The van der Waals surface area contributed by atoms with Crippen LogP contribution in [0.4, 0.5) is 0 Å². The summed E-state index contributed by atoms with van der Waals surface area (Å²) in [7, 11) is 0. The van der Waals surface area contributed by atoms with E-state index in [0.717, 1.165) is 31.1 Å². The minimum Gasteiger partial charge on any atom is -0.331 e. The number of amides is 1. The van der Waals surface area contributed by atoms with Gasteiger partial charge in [0.15, 0.2) is 0 Å². The van der Waals surface area contributed by atoms with Gasteiger partial charge in [-0.1, -0.05) is 61.0 Å². The van der Waals surface area contributed by atoms with Crippen LogP contribution in [0.2, 0.25) is 5.02 Å². The topological polar surface area (TPSA) is 54.3 Å². The maximum Gasteiger partial charge on any atom is 0.293 e. The SMILES string of the molecule is CCc1nc(C(=O)N2CCN(Cc3ccccc3)CC2C)nn1-c1ccccc1Cl. The van der Waals surface area contributed by atoms with Crippen LogP contribution >= 0.6 is 11.6 Å². The molecule has 0 radical (unpaired) electrons. The predicted molar refractivity (Wildman–Crippen MR) is 118 cm³/mol. The van der Waals surface area contributed by atoms with Gasteiger partial charge in [-0.25, -0.2) is 9.67 Å². The molecule has 156 valence electrons. The molecule has 4 rings (SSSR count). The second kappa shape index (κ2) is 8.98. The third kappa shape index (κ3) is 4.25. The monoisotopic (exact) mass is 423 g/mol. The summed E-state index contributed by atoms with van der Waals surface area (Å²) in [4.78, 5) is 22.0. The van der Waals surface area contributed by atoms with Gasteiger partial charge in [-0.05, 0) is 24.6 Å². The molecule has 6 nitrogen and oxygen atoms in total. The van der Waals surface area contributed by atoms with Crippen LogP contribution in [0.15, 0.2) is 54.6 Å². The maximum atomic E-state index is 13.2. The van der Waals surface area contributed by atoms with Crippen LogP contribution in [0, 0.1) is 0 Å². The van der Waals surface area contributed by atoms with Crippen molar-refractivity contribution >= 4 is 17.5 Å². The molecular formula is C23H26ClN5O. The first kappa shape index (κ1) is 20.6. The van der Waals surface area contributed by atoms with Gasteiger partial charge >= 0.3 is 0 Å². The number of carbonyl (C=O) groups excluding carboxylic acids is 1. The molecule has 0 saturated carbocycles. The minimum atomic E-state index is -0.123. The Morgan fingerprint density at radius 2 is 1.83 bits per heavy atom. The first-order chi connectivity index (χ1) is 14.6. The van der Waals surface area contributed by atoms with Crippen molar-refractivity contribution in [1.82, 2.24) is 24.6 Å². The number of hydrogen-bond donors (Lipinski definition) is 0. The van der Waals surface area contributed by atoms with Crippen LogP contribution < -0.4 is 0 Å². The molecule has 0 N–H and O–H groups in total. The summed E-state index contributed by atoms with van der Waals surface area (Å²) < 4.78 is 1.69. The number of hydrogen-bond acceptors (Lipinski definition) is 4. The van der Waals surface area contributed by atoms with Crippen LogP contribution in [-0.4, -0.2) is 56.1 Å². The lowest BCUT2D eigenvalue weighted by Crippen LogP contribution is -2.53. The van der Waals surface area contributed by atoms with E-state index in [1.54, 1.807) is 4.68 Å².